The molecule has 0 aliphatic heterocycles. The third-order valence-corrected chi connectivity index (χ3v) is 12.0. The van der Waals surface area contributed by atoms with Gasteiger partial charge in [0, 0.05) is 13.0 Å². The van der Waals surface area contributed by atoms with Crippen molar-refractivity contribution < 1.29 is 42.7 Å². The van der Waals surface area contributed by atoms with Crippen molar-refractivity contribution in [3.8, 4) is 0 Å². The molecule has 350 valence electrons. The van der Waals surface area contributed by atoms with E-state index >= 15 is 0 Å². The molecule has 4 N–H and O–H groups in total. The molecule has 0 radical (unpaired) electrons. The number of hydrogen-bond acceptors (Lipinski definition) is 8. The Hall–Kier alpha value is -1.29. The van der Waals surface area contributed by atoms with E-state index in [4.69, 9.17) is 29.4 Å². The number of carboxylic acids is 1. The monoisotopic (exact) mass is 860 g/mol. The van der Waals surface area contributed by atoms with Crippen LogP contribution >= 0.6 is 7.82 Å². The molecule has 0 bridgehead atoms. The summed E-state index contributed by atoms with van der Waals surface area (Å²) in [4.78, 5) is 33.6. The summed E-state index contributed by atoms with van der Waals surface area (Å²) in [6, 6.07) is -1.47. The fraction of sp³-hybridized carbons (Fsp3) is 0.917. The number of carbonyl (C=O) groups is 2. The van der Waals surface area contributed by atoms with Crippen LogP contribution in [0.2, 0.25) is 0 Å². The minimum atomic E-state index is -4.61. The van der Waals surface area contributed by atoms with Gasteiger partial charge in [-0.2, -0.15) is 0 Å². The number of nitrogens with two attached hydrogens (primary N) is 1. The van der Waals surface area contributed by atoms with Crippen LogP contribution in [0.25, 0.3) is 0 Å². The third-order valence-electron chi connectivity index (χ3n) is 11.0. The zero-order chi connectivity index (χ0) is 43.3. The smallest absolute Gasteiger partial charge is 0.472 e. The molecule has 0 aliphatic carbocycles. The highest BCUT2D eigenvalue weighted by Gasteiger charge is 2.27. The van der Waals surface area contributed by atoms with E-state index in [2.05, 4.69) is 26.0 Å². The van der Waals surface area contributed by atoms with E-state index in [1.807, 2.05) is 0 Å². The van der Waals surface area contributed by atoms with Gasteiger partial charge in [-0.15, -0.1) is 0 Å². The Kier molecular flexibility index (Phi) is 43.8. The van der Waals surface area contributed by atoms with Crippen LogP contribution in [0.15, 0.2) is 12.2 Å². The van der Waals surface area contributed by atoms with Gasteiger partial charge in [0.05, 0.1) is 19.8 Å². The number of rotatable bonds is 48. The highest BCUT2D eigenvalue weighted by molar-refractivity contribution is 7.47. The first kappa shape index (κ1) is 57.7. The summed E-state index contributed by atoms with van der Waals surface area (Å²) in [6.45, 7) is 3.90. The second kappa shape index (κ2) is 44.8. The number of phosphoric acid groups is 1. The van der Waals surface area contributed by atoms with Crippen LogP contribution in [-0.2, 0) is 32.7 Å². The molecule has 0 spiro atoms. The van der Waals surface area contributed by atoms with Crippen LogP contribution < -0.4 is 5.73 Å². The minimum absolute atomic E-state index is 0.0197. The summed E-state index contributed by atoms with van der Waals surface area (Å²) in [5, 5.41) is 8.91. The standard InChI is InChI=1S/C48H94NO9P/c1-3-5-7-9-11-13-15-17-18-19-20-21-22-23-24-25-26-27-29-31-33-35-37-39-41-55-42-45(43-56-59(53,54)57-44-46(49)48(51)52)58-47(50)40-38-36-34-32-30-28-16-14-12-10-8-6-4-2/h14,16,45-46H,3-13,15,17-44,49H2,1-2H3,(H,51,52)(H,53,54)/b16-14-. The van der Waals surface area contributed by atoms with E-state index in [1.165, 1.54) is 167 Å². The Morgan fingerprint density at radius 2 is 0.881 bits per heavy atom. The van der Waals surface area contributed by atoms with E-state index in [0.29, 0.717) is 13.0 Å². The van der Waals surface area contributed by atoms with Crippen molar-refractivity contribution in [1.82, 2.24) is 0 Å². The van der Waals surface area contributed by atoms with Crippen molar-refractivity contribution in [2.45, 2.75) is 257 Å². The summed E-state index contributed by atoms with van der Waals surface area (Å²) < 4.78 is 33.4. The fourth-order valence-corrected chi connectivity index (χ4v) is 7.97. The lowest BCUT2D eigenvalue weighted by Crippen LogP contribution is -2.34. The Bertz CT molecular complexity index is 998. The third kappa shape index (κ3) is 44.6. The van der Waals surface area contributed by atoms with Crippen LogP contribution in [0.3, 0.4) is 0 Å². The van der Waals surface area contributed by atoms with E-state index in [1.54, 1.807) is 0 Å². The molecule has 3 unspecified atom stereocenters. The van der Waals surface area contributed by atoms with Gasteiger partial charge in [0.1, 0.15) is 12.1 Å². The molecule has 0 saturated heterocycles. The van der Waals surface area contributed by atoms with Gasteiger partial charge in [-0.25, -0.2) is 4.57 Å². The van der Waals surface area contributed by atoms with Gasteiger partial charge >= 0.3 is 19.8 Å². The Labute approximate surface area is 362 Å². The van der Waals surface area contributed by atoms with E-state index in [9.17, 15) is 19.0 Å². The second-order valence-electron chi connectivity index (χ2n) is 17.0. The van der Waals surface area contributed by atoms with Crippen molar-refractivity contribution in [2.24, 2.45) is 5.73 Å². The highest BCUT2D eigenvalue weighted by Crippen LogP contribution is 2.43. The number of phosphoric ester groups is 1. The maximum absolute atomic E-state index is 12.6. The quantitative estimate of drug-likeness (QED) is 0.0233. The summed E-state index contributed by atoms with van der Waals surface area (Å²) in [6.07, 6.45) is 48.5. The molecule has 0 aromatic heterocycles. The molecular weight excluding hydrogens is 766 g/mol. The predicted molar refractivity (Wildman–Crippen MR) is 245 cm³/mol. The van der Waals surface area contributed by atoms with E-state index in [0.717, 1.165) is 51.4 Å². The number of carboxylic acid groups (broad SMARTS) is 1. The zero-order valence-electron chi connectivity index (χ0n) is 38.4. The van der Waals surface area contributed by atoms with Gasteiger partial charge < -0.3 is 25.2 Å². The first-order valence-electron chi connectivity index (χ1n) is 24.7. The van der Waals surface area contributed by atoms with Crippen molar-refractivity contribution in [3.05, 3.63) is 12.2 Å². The summed E-state index contributed by atoms with van der Waals surface area (Å²) in [7, 11) is -4.61. The van der Waals surface area contributed by atoms with Gasteiger partial charge in [0.25, 0.3) is 0 Å². The largest absolute Gasteiger partial charge is 0.480 e. The van der Waals surface area contributed by atoms with Gasteiger partial charge in [-0.3, -0.25) is 18.6 Å². The molecule has 0 aliphatic rings. The summed E-state index contributed by atoms with van der Waals surface area (Å²) >= 11 is 0. The van der Waals surface area contributed by atoms with Gasteiger partial charge in [0.2, 0.25) is 0 Å². The highest BCUT2D eigenvalue weighted by atomic mass is 31.2. The summed E-state index contributed by atoms with van der Waals surface area (Å²) in [5.74, 6) is -1.78. The lowest BCUT2D eigenvalue weighted by Gasteiger charge is -2.20. The molecule has 0 amide bonds. The SMILES string of the molecule is CCCCCC/C=C\CCCCCCCC(=O)OC(COCCCCCCCCCCCCCCCCCCCCCCCCCC)COP(=O)(O)OCC(N)C(=O)O. The molecule has 0 fully saturated rings. The average molecular weight is 860 g/mol. The first-order chi connectivity index (χ1) is 28.7. The number of unbranched alkanes of at least 4 members (excludes halogenated alkanes) is 32. The molecule has 0 saturated carbocycles. The molecule has 59 heavy (non-hydrogen) atoms. The summed E-state index contributed by atoms with van der Waals surface area (Å²) in [5.41, 5.74) is 5.36. The normalized spacial score (nSPS) is 13.8. The number of hydrogen-bond donors (Lipinski definition) is 3. The van der Waals surface area contributed by atoms with Crippen LogP contribution in [-0.4, -0.2) is 60.5 Å². The molecule has 0 aromatic carbocycles. The molecule has 10 nitrogen and oxygen atoms in total. The first-order valence-corrected chi connectivity index (χ1v) is 26.2. The fourth-order valence-electron chi connectivity index (χ4n) is 7.19. The Morgan fingerprint density at radius 1 is 0.525 bits per heavy atom. The lowest BCUT2D eigenvalue weighted by molar-refractivity contribution is -0.154. The number of esters is 1. The van der Waals surface area contributed by atoms with Gasteiger partial charge in [-0.05, 0) is 38.5 Å². The van der Waals surface area contributed by atoms with Crippen LogP contribution in [0.1, 0.15) is 245 Å². The maximum atomic E-state index is 12.6. The van der Waals surface area contributed by atoms with Gasteiger partial charge in [0.15, 0.2) is 0 Å². The van der Waals surface area contributed by atoms with Crippen molar-refractivity contribution in [1.29, 1.82) is 0 Å². The minimum Gasteiger partial charge on any atom is -0.480 e. The predicted octanol–water partition coefficient (Wildman–Crippen LogP) is 14.1. The number of aliphatic carboxylic acids is 1. The number of allylic oxidation sites excluding steroid dienone is 2. The maximum Gasteiger partial charge on any atom is 0.472 e. The number of ether oxygens (including phenoxy) is 2. The van der Waals surface area contributed by atoms with Crippen molar-refractivity contribution in [2.75, 3.05) is 26.4 Å². The zero-order valence-corrected chi connectivity index (χ0v) is 39.3. The van der Waals surface area contributed by atoms with E-state index < -0.39 is 45.1 Å². The Balaban J connectivity index is 4.04. The molecule has 0 aromatic rings. The molecule has 3 atom stereocenters. The lowest BCUT2D eigenvalue weighted by atomic mass is 10.0. The van der Waals surface area contributed by atoms with E-state index in [-0.39, 0.29) is 13.0 Å². The molecule has 0 heterocycles. The van der Waals surface area contributed by atoms with Crippen molar-refractivity contribution in [3.63, 3.8) is 0 Å². The van der Waals surface area contributed by atoms with Crippen LogP contribution in [0.5, 0.6) is 0 Å². The molecular formula is C48H94NO9P. The van der Waals surface area contributed by atoms with Crippen LogP contribution in [0, 0.1) is 0 Å². The second-order valence-corrected chi connectivity index (χ2v) is 18.4. The van der Waals surface area contributed by atoms with Crippen molar-refractivity contribution >= 4 is 19.8 Å². The number of carbonyl (C=O) groups excluding carboxylic acids is 1. The Morgan fingerprint density at radius 3 is 1.31 bits per heavy atom. The topological polar surface area (TPSA) is 155 Å². The molecule has 0 rings (SSSR count). The molecule has 11 heteroatoms. The van der Waals surface area contributed by atoms with Crippen LogP contribution in [0.4, 0.5) is 0 Å². The van der Waals surface area contributed by atoms with Gasteiger partial charge in [-0.1, -0.05) is 212 Å². The average Bonchev–Trinajstić information content (AvgIpc) is 3.21.